The van der Waals surface area contributed by atoms with Gasteiger partial charge in [0, 0.05) is 6.54 Å². The predicted octanol–water partition coefficient (Wildman–Crippen LogP) is 1.41. The molecular weight excluding hydrogens is 342 g/mol. The first kappa shape index (κ1) is 18.2. The Kier molecular flexibility index (Phi) is 6.00. The summed E-state index contributed by atoms with van der Waals surface area (Å²) in [7, 11) is -1.20. The highest BCUT2D eigenvalue weighted by Crippen LogP contribution is 2.40. The van der Waals surface area contributed by atoms with Crippen LogP contribution >= 0.6 is 12.4 Å². The van der Waals surface area contributed by atoms with E-state index in [9.17, 15) is 8.42 Å². The zero-order valence-corrected chi connectivity index (χ0v) is 14.7. The lowest BCUT2D eigenvalue weighted by Gasteiger charge is -2.21. The zero-order valence-electron chi connectivity index (χ0n) is 13.0. The number of halogens is 1. The van der Waals surface area contributed by atoms with Gasteiger partial charge >= 0.3 is 0 Å². The molecule has 1 aromatic rings. The number of hydrogen-bond donors (Lipinski definition) is 1. The molecule has 0 spiro atoms. The van der Waals surface area contributed by atoms with E-state index in [-0.39, 0.29) is 18.3 Å². The molecule has 0 saturated carbocycles. The Morgan fingerprint density at radius 1 is 1.30 bits per heavy atom. The standard InChI is InChI=1S/C15H21NO5S.ClH/c1-19-13-6-12(7-14-15(13)21-4-3-20-14)9-16-8-11-2-5-22(17,18)10-11;/h6-7,11,16H,2-5,8-10H2,1H3;1H. The molecule has 2 aliphatic heterocycles. The number of fused-ring (bicyclic) bond motifs is 1. The summed E-state index contributed by atoms with van der Waals surface area (Å²) in [6, 6.07) is 3.86. The average Bonchev–Trinajstić information content (AvgIpc) is 2.85. The molecule has 0 aliphatic carbocycles. The van der Waals surface area contributed by atoms with Gasteiger partial charge in [-0.2, -0.15) is 0 Å². The van der Waals surface area contributed by atoms with Crippen LogP contribution in [0.2, 0.25) is 0 Å². The maximum absolute atomic E-state index is 11.4. The third-order valence-electron chi connectivity index (χ3n) is 3.98. The van der Waals surface area contributed by atoms with Crippen molar-refractivity contribution in [2.24, 2.45) is 5.92 Å². The lowest BCUT2D eigenvalue weighted by molar-refractivity contribution is 0.165. The molecule has 1 aromatic carbocycles. The van der Waals surface area contributed by atoms with Gasteiger partial charge in [-0.25, -0.2) is 8.42 Å². The van der Waals surface area contributed by atoms with E-state index in [2.05, 4.69) is 5.32 Å². The van der Waals surface area contributed by atoms with Gasteiger partial charge in [-0.15, -0.1) is 12.4 Å². The smallest absolute Gasteiger partial charge is 0.203 e. The molecule has 1 N–H and O–H groups in total. The minimum absolute atomic E-state index is 0. The molecular formula is C15H22ClNO5S. The Bertz CT molecular complexity index is 632. The Balaban J connectivity index is 0.00000192. The van der Waals surface area contributed by atoms with Crippen molar-refractivity contribution in [1.82, 2.24) is 5.32 Å². The quantitative estimate of drug-likeness (QED) is 0.852. The molecule has 1 atom stereocenters. The van der Waals surface area contributed by atoms with Gasteiger partial charge in [-0.05, 0) is 36.6 Å². The van der Waals surface area contributed by atoms with Crippen molar-refractivity contribution in [2.45, 2.75) is 13.0 Å². The van der Waals surface area contributed by atoms with Gasteiger partial charge < -0.3 is 19.5 Å². The molecule has 3 rings (SSSR count). The predicted molar refractivity (Wildman–Crippen MR) is 89.7 cm³/mol. The topological polar surface area (TPSA) is 73.9 Å². The van der Waals surface area contributed by atoms with Crippen molar-refractivity contribution in [3.05, 3.63) is 17.7 Å². The van der Waals surface area contributed by atoms with E-state index >= 15 is 0 Å². The number of sulfone groups is 1. The molecule has 0 bridgehead atoms. The SMILES string of the molecule is COc1cc(CNCC2CCS(=O)(=O)C2)cc2c1OCCO2.Cl. The van der Waals surface area contributed by atoms with E-state index in [0.717, 1.165) is 12.0 Å². The molecule has 23 heavy (non-hydrogen) atoms. The molecule has 8 heteroatoms. The maximum Gasteiger partial charge on any atom is 0.203 e. The summed E-state index contributed by atoms with van der Waals surface area (Å²) >= 11 is 0. The highest BCUT2D eigenvalue weighted by Gasteiger charge is 2.27. The second-order valence-corrected chi connectivity index (χ2v) is 7.95. The summed E-state index contributed by atoms with van der Waals surface area (Å²) in [6.45, 7) is 2.41. The Morgan fingerprint density at radius 2 is 2.09 bits per heavy atom. The van der Waals surface area contributed by atoms with E-state index in [1.54, 1.807) is 7.11 Å². The molecule has 1 saturated heterocycles. The van der Waals surface area contributed by atoms with E-state index in [1.165, 1.54) is 0 Å². The first-order chi connectivity index (χ1) is 10.6. The highest BCUT2D eigenvalue weighted by atomic mass is 35.5. The van der Waals surface area contributed by atoms with Crippen molar-refractivity contribution in [3.8, 4) is 17.2 Å². The molecule has 2 aliphatic rings. The third kappa shape index (κ3) is 4.43. The number of ether oxygens (including phenoxy) is 3. The molecule has 130 valence electrons. The maximum atomic E-state index is 11.4. The summed E-state index contributed by atoms with van der Waals surface area (Å²) in [5, 5.41) is 3.32. The van der Waals surface area contributed by atoms with Crippen molar-refractivity contribution >= 4 is 22.2 Å². The molecule has 0 aromatic heterocycles. The van der Waals surface area contributed by atoms with E-state index in [1.807, 2.05) is 12.1 Å². The van der Waals surface area contributed by atoms with Crippen LogP contribution in [0.5, 0.6) is 17.2 Å². The minimum Gasteiger partial charge on any atom is -0.493 e. The van der Waals surface area contributed by atoms with Crippen LogP contribution in [0.3, 0.4) is 0 Å². The molecule has 6 nitrogen and oxygen atoms in total. The van der Waals surface area contributed by atoms with E-state index in [4.69, 9.17) is 14.2 Å². The third-order valence-corrected chi connectivity index (χ3v) is 5.81. The summed E-state index contributed by atoms with van der Waals surface area (Å²) in [4.78, 5) is 0. The van der Waals surface area contributed by atoms with Crippen LogP contribution in [0.1, 0.15) is 12.0 Å². The Morgan fingerprint density at radius 3 is 2.78 bits per heavy atom. The van der Waals surface area contributed by atoms with Crippen LogP contribution in [0.4, 0.5) is 0 Å². The first-order valence-electron chi connectivity index (χ1n) is 7.45. The Labute approximate surface area is 142 Å². The van der Waals surface area contributed by atoms with E-state index in [0.29, 0.717) is 55.1 Å². The second kappa shape index (κ2) is 7.59. The number of methoxy groups -OCH3 is 1. The normalized spacial score (nSPS) is 21.5. The lowest BCUT2D eigenvalue weighted by Crippen LogP contribution is -2.23. The van der Waals surface area contributed by atoms with Crippen LogP contribution in [0.25, 0.3) is 0 Å². The van der Waals surface area contributed by atoms with Crippen molar-refractivity contribution in [2.75, 3.05) is 38.4 Å². The van der Waals surface area contributed by atoms with Crippen molar-refractivity contribution < 1.29 is 22.6 Å². The highest BCUT2D eigenvalue weighted by molar-refractivity contribution is 7.91. The number of nitrogens with one attached hydrogen (secondary N) is 1. The van der Waals surface area contributed by atoms with Crippen LogP contribution in [-0.2, 0) is 16.4 Å². The molecule has 2 heterocycles. The van der Waals surface area contributed by atoms with Crippen LogP contribution < -0.4 is 19.5 Å². The van der Waals surface area contributed by atoms with Crippen LogP contribution in [-0.4, -0.2) is 46.8 Å². The van der Waals surface area contributed by atoms with Gasteiger partial charge in [-0.1, -0.05) is 0 Å². The van der Waals surface area contributed by atoms with Gasteiger partial charge in [-0.3, -0.25) is 0 Å². The number of rotatable bonds is 5. The summed E-state index contributed by atoms with van der Waals surface area (Å²) in [6.07, 6.45) is 0.750. The van der Waals surface area contributed by atoms with Crippen molar-refractivity contribution in [1.29, 1.82) is 0 Å². The molecule has 0 amide bonds. The summed E-state index contributed by atoms with van der Waals surface area (Å²) in [5.74, 6) is 2.84. The molecule has 1 unspecified atom stereocenters. The summed E-state index contributed by atoms with van der Waals surface area (Å²) < 4.78 is 39.4. The van der Waals surface area contributed by atoms with Gasteiger partial charge in [0.15, 0.2) is 21.3 Å². The zero-order chi connectivity index (χ0) is 15.6. The first-order valence-corrected chi connectivity index (χ1v) is 9.27. The fourth-order valence-electron chi connectivity index (χ4n) is 2.88. The Hall–Kier alpha value is -1.18. The van der Waals surface area contributed by atoms with Gasteiger partial charge in [0.05, 0.1) is 18.6 Å². The monoisotopic (exact) mass is 363 g/mol. The van der Waals surface area contributed by atoms with Crippen LogP contribution in [0, 0.1) is 5.92 Å². The largest absolute Gasteiger partial charge is 0.493 e. The van der Waals surface area contributed by atoms with Crippen molar-refractivity contribution in [3.63, 3.8) is 0 Å². The molecule has 1 fully saturated rings. The number of hydrogen-bond acceptors (Lipinski definition) is 6. The fourth-order valence-corrected chi connectivity index (χ4v) is 4.74. The average molecular weight is 364 g/mol. The van der Waals surface area contributed by atoms with Gasteiger partial charge in [0.1, 0.15) is 13.2 Å². The van der Waals surface area contributed by atoms with Crippen LogP contribution in [0.15, 0.2) is 12.1 Å². The number of benzene rings is 1. The fraction of sp³-hybridized carbons (Fsp3) is 0.600. The van der Waals surface area contributed by atoms with Gasteiger partial charge in [0.25, 0.3) is 0 Å². The minimum atomic E-state index is -2.81. The lowest BCUT2D eigenvalue weighted by atomic mass is 10.1. The van der Waals surface area contributed by atoms with Gasteiger partial charge in [0.2, 0.25) is 5.75 Å². The van der Waals surface area contributed by atoms with E-state index < -0.39 is 9.84 Å². The summed E-state index contributed by atoms with van der Waals surface area (Å²) in [5.41, 5.74) is 1.03. The molecule has 0 radical (unpaired) electrons. The second-order valence-electron chi connectivity index (χ2n) is 5.72.